The van der Waals surface area contributed by atoms with E-state index in [1.807, 2.05) is 0 Å². The molecule has 1 rings (SSSR count). The summed E-state index contributed by atoms with van der Waals surface area (Å²) in [5, 5.41) is 9.33. The van der Waals surface area contributed by atoms with Gasteiger partial charge in [0.05, 0.1) is 17.7 Å². The summed E-state index contributed by atoms with van der Waals surface area (Å²) >= 11 is 4.83. The van der Waals surface area contributed by atoms with Gasteiger partial charge in [-0.3, -0.25) is 0 Å². The maximum Gasteiger partial charge on any atom is 0.433 e. The molecule has 3 N–H and O–H groups in total. The van der Waals surface area contributed by atoms with E-state index in [0.717, 1.165) is 6.07 Å². The quantitative estimate of drug-likeness (QED) is 0.833. The zero-order valence-electron chi connectivity index (χ0n) is 11.3. The fourth-order valence-corrected chi connectivity index (χ4v) is 1.61. The van der Waals surface area contributed by atoms with Crippen molar-refractivity contribution in [1.82, 2.24) is 4.98 Å². The number of likely N-dealkylation sites (N-methyl/N-ethyl adjacent to an activating group) is 1. The lowest BCUT2D eigenvalue weighted by molar-refractivity contribution is -0.141. The van der Waals surface area contributed by atoms with Gasteiger partial charge in [-0.15, -0.1) is 0 Å². The standard InChI is InChI=1S/C12H16F3N3OS/c1-11(2,6-19)18(3)10-7(9(16)20)4-5-8(17-10)12(13,14)15/h4-5,19H,6H2,1-3H3,(H2,16,20). The Balaban J connectivity index is 3.44. The highest BCUT2D eigenvalue weighted by molar-refractivity contribution is 7.80. The zero-order valence-corrected chi connectivity index (χ0v) is 12.1. The molecule has 0 saturated carbocycles. The first-order chi connectivity index (χ1) is 9.00. The van der Waals surface area contributed by atoms with Crippen LogP contribution < -0.4 is 10.6 Å². The van der Waals surface area contributed by atoms with Gasteiger partial charge in [-0.25, -0.2) is 4.98 Å². The Bertz CT molecular complexity index is 517. The smallest absolute Gasteiger partial charge is 0.394 e. The van der Waals surface area contributed by atoms with Crippen molar-refractivity contribution in [3.8, 4) is 0 Å². The molecule has 1 aromatic heterocycles. The normalized spacial score (nSPS) is 12.3. The molecular weight excluding hydrogens is 291 g/mol. The van der Waals surface area contributed by atoms with Crippen molar-refractivity contribution in [2.24, 2.45) is 5.73 Å². The summed E-state index contributed by atoms with van der Waals surface area (Å²) < 4.78 is 38.2. The van der Waals surface area contributed by atoms with Gasteiger partial charge in [-0.1, -0.05) is 12.2 Å². The van der Waals surface area contributed by atoms with Crippen molar-refractivity contribution >= 4 is 23.0 Å². The molecular formula is C12H16F3N3OS. The molecule has 20 heavy (non-hydrogen) atoms. The van der Waals surface area contributed by atoms with Crippen LogP contribution in [0.15, 0.2) is 12.1 Å². The minimum absolute atomic E-state index is 0.00799. The van der Waals surface area contributed by atoms with Crippen molar-refractivity contribution in [3.63, 3.8) is 0 Å². The highest BCUT2D eigenvalue weighted by Crippen LogP contribution is 2.32. The molecule has 0 saturated heterocycles. The van der Waals surface area contributed by atoms with Crippen molar-refractivity contribution in [3.05, 3.63) is 23.4 Å². The number of aliphatic hydroxyl groups is 1. The SMILES string of the molecule is CN(c1nc(C(F)(F)F)ccc1C(N)=S)C(C)(C)CO. The van der Waals surface area contributed by atoms with Crippen LogP contribution in [0.4, 0.5) is 19.0 Å². The van der Waals surface area contributed by atoms with E-state index in [0.29, 0.717) is 0 Å². The lowest BCUT2D eigenvalue weighted by atomic mass is 10.0. The molecule has 0 aliphatic carbocycles. The van der Waals surface area contributed by atoms with Gasteiger partial charge in [0.2, 0.25) is 0 Å². The predicted octanol–water partition coefficient (Wildman–Crippen LogP) is 1.94. The minimum atomic E-state index is -4.56. The molecule has 0 amide bonds. The summed E-state index contributed by atoms with van der Waals surface area (Å²) in [5.74, 6) is -0.00799. The van der Waals surface area contributed by atoms with E-state index in [4.69, 9.17) is 18.0 Å². The van der Waals surface area contributed by atoms with Gasteiger partial charge in [0.1, 0.15) is 16.5 Å². The van der Waals surface area contributed by atoms with Crippen LogP contribution in [0.2, 0.25) is 0 Å². The molecule has 0 unspecified atom stereocenters. The maximum absolute atomic E-state index is 12.7. The third kappa shape index (κ3) is 3.37. The number of pyridine rings is 1. The van der Waals surface area contributed by atoms with E-state index in [1.54, 1.807) is 13.8 Å². The van der Waals surface area contributed by atoms with Crippen molar-refractivity contribution in [2.75, 3.05) is 18.6 Å². The van der Waals surface area contributed by atoms with E-state index in [-0.39, 0.29) is 23.0 Å². The van der Waals surface area contributed by atoms with Gasteiger partial charge >= 0.3 is 6.18 Å². The van der Waals surface area contributed by atoms with Crippen molar-refractivity contribution in [1.29, 1.82) is 0 Å². The first-order valence-corrected chi connectivity index (χ1v) is 6.14. The van der Waals surface area contributed by atoms with E-state index >= 15 is 0 Å². The molecule has 0 aromatic carbocycles. The Hall–Kier alpha value is -1.41. The second-order valence-electron chi connectivity index (χ2n) is 4.96. The number of hydrogen-bond acceptors (Lipinski definition) is 4. The molecule has 0 atom stereocenters. The molecule has 1 heterocycles. The van der Waals surface area contributed by atoms with Gasteiger partial charge in [0.25, 0.3) is 0 Å². The Morgan fingerprint density at radius 3 is 2.35 bits per heavy atom. The van der Waals surface area contributed by atoms with Crippen LogP contribution in [0.25, 0.3) is 0 Å². The fraction of sp³-hybridized carbons (Fsp3) is 0.500. The molecule has 1 aromatic rings. The summed E-state index contributed by atoms with van der Waals surface area (Å²) in [6, 6.07) is 2.02. The van der Waals surface area contributed by atoms with E-state index < -0.39 is 17.4 Å². The Morgan fingerprint density at radius 1 is 1.40 bits per heavy atom. The number of hydrogen-bond donors (Lipinski definition) is 2. The number of nitrogens with two attached hydrogens (primary N) is 1. The van der Waals surface area contributed by atoms with Crippen molar-refractivity contribution in [2.45, 2.75) is 25.6 Å². The van der Waals surface area contributed by atoms with Gasteiger partial charge in [0.15, 0.2) is 0 Å². The van der Waals surface area contributed by atoms with Gasteiger partial charge in [-0.2, -0.15) is 13.2 Å². The molecule has 0 spiro atoms. The van der Waals surface area contributed by atoms with Crippen LogP contribution in [0.5, 0.6) is 0 Å². The summed E-state index contributed by atoms with van der Waals surface area (Å²) in [6.07, 6.45) is -4.56. The zero-order chi connectivity index (χ0) is 15.7. The first-order valence-electron chi connectivity index (χ1n) is 5.73. The topological polar surface area (TPSA) is 62.4 Å². The van der Waals surface area contributed by atoms with Crippen molar-refractivity contribution < 1.29 is 18.3 Å². The van der Waals surface area contributed by atoms with E-state index in [9.17, 15) is 18.3 Å². The molecule has 0 radical (unpaired) electrons. The van der Waals surface area contributed by atoms with Crippen LogP contribution >= 0.6 is 12.2 Å². The molecule has 0 aliphatic rings. The van der Waals surface area contributed by atoms with Crippen LogP contribution in [0.1, 0.15) is 25.1 Å². The monoisotopic (exact) mass is 307 g/mol. The second-order valence-corrected chi connectivity index (χ2v) is 5.40. The van der Waals surface area contributed by atoms with Crippen LogP contribution in [-0.2, 0) is 6.18 Å². The number of halogens is 3. The first kappa shape index (κ1) is 16.6. The van der Waals surface area contributed by atoms with Crippen LogP contribution in [0, 0.1) is 0 Å². The van der Waals surface area contributed by atoms with Gasteiger partial charge in [-0.05, 0) is 26.0 Å². The van der Waals surface area contributed by atoms with E-state index in [1.165, 1.54) is 18.0 Å². The number of aliphatic hydroxyl groups excluding tert-OH is 1. The Kier molecular flexibility index (Phi) is 4.60. The summed E-state index contributed by atoms with van der Waals surface area (Å²) in [6.45, 7) is 3.06. The lowest BCUT2D eigenvalue weighted by Gasteiger charge is -2.36. The molecule has 8 heteroatoms. The number of anilines is 1. The lowest BCUT2D eigenvalue weighted by Crippen LogP contribution is -2.45. The summed E-state index contributed by atoms with van der Waals surface area (Å²) in [5.41, 5.74) is 3.91. The number of thiocarbonyl (C=S) groups is 1. The summed E-state index contributed by atoms with van der Waals surface area (Å²) in [4.78, 5) is 4.98. The van der Waals surface area contributed by atoms with Crippen LogP contribution in [-0.4, -0.2) is 34.3 Å². The fourth-order valence-electron chi connectivity index (χ4n) is 1.45. The highest BCUT2D eigenvalue weighted by Gasteiger charge is 2.35. The van der Waals surface area contributed by atoms with Gasteiger partial charge < -0.3 is 15.7 Å². The largest absolute Gasteiger partial charge is 0.433 e. The minimum Gasteiger partial charge on any atom is -0.394 e. The number of aromatic nitrogens is 1. The molecule has 0 aliphatic heterocycles. The molecule has 112 valence electrons. The maximum atomic E-state index is 12.7. The number of rotatable bonds is 4. The van der Waals surface area contributed by atoms with Crippen LogP contribution in [0.3, 0.4) is 0 Å². The summed E-state index contributed by atoms with van der Waals surface area (Å²) in [7, 11) is 1.53. The number of nitrogens with zero attached hydrogens (tertiary/aromatic N) is 2. The third-order valence-corrected chi connectivity index (χ3v) is 3.26. The number of alkyl halides is 3. The Morgan fingerprint density at radius 2 is 1.95 bits per heavy atom. The van der Waals surface area contributed by atoms with Gasteiger partial charge in [0, 0.05) is 7.05 Å². The molecule has 4 nitrogen and oxygen atoms in total. The highest BCUT2D eigenvalue weighted by atomic mass is 32.1. The second kappa shape index (κ2) is 5.53. The Labute approximate surface area is 120 Å². The third-order valence-electron chi connectivity index (χ3n) is 3.04. The molecule has 0 fully saturated rings. The predicted molar refractivity (Wildman–Crippen MR) is 74.7 cm³/mol. The van der Waals surface area contributed by atoms with E-state index in [2.05, 4.69) is 4.98 Å². The average molecular weight is 307 g/mol. The average Bonchev–Trinajstić information content (AvgIpc) is 2.35. The molecule has 0 bridgehead atoms.